The van der Waals surface area contributed by atoms with E-state index in [1.54, 1.807) is 0 Å². The summed E-state index contributed by atoms with van der Waals surface area (Å²) in [6.07, 6.45) is -3.22. The van der Waals surface area contributed by atoms with Gasteiger partial charge in [0, 0.05) is 0 Å². The Balaban J connectivity index is 2.06. The number of aliphatic hydroxyl groups is 1. The predicted octanol–water partition coefficient (Wildman–Crippen LogP) is -1.74. The van der Waals surface area contributed by atoms with Crippen LogP contribution in [-0.4, -0.2) is 52.6 Å². The number of nitrogens with zero attached hydrogens (tertiary/aromatic N) is 2. The van der Waals surface area contributed by atoms with Crippen molar-refractivity contribution in [3.05, 3.63) is 20.2 Å². The first-order valence-corrected chi connectivity index (χ1v) is 4.52. The highest BCUT2D eigenvalue weighted by molar-refractivity contribution is 4.99. The zero-order valence-electron chi connectivity index (χ0n) is 8.25. The zero-order valence-corrected chi connectivity index (χ0v) is 8.25. The molecule has 0 aromatic carbocycles. The molecule has 0 amide bonds. The van der Waals surface area contributed by atoms with E-state index in [0.717, 1.165) is 0 Å². The average Bonchev–Trinajstić information content (AvgIpc) is 2.69. The molecule has 0 spiro atoms. The highest BCUT2D eigenvalue weighted by Crippen LogP contribution is 2.36. The van der Waals surface area contributed by atoms with E-state index in [9.17, 15) is 25.3 Å². The van der Waals surface area contributed by atoms with Crippen molar-refractivity contribution in [2.24, 2.45) is 0 Å². The second kappa shape index (κ2) is 3.94. The van der Waals surface area contributed by atoms with E-state index in [1.807, 2.05) is 0 Å². The third-order valence-corrected chi connectivity index (χ3v) is 2.49. The van der Waals surface area contributed by atoms with Crippen molar-refractivity contribution in [3.8, 4) is 0 Å². The minimum absolute atomic E-state index is 0.223. The Kier molecular flexibility index (Phi) is 2.73. The smallest absolute Gasteiger partial charge is 0.297 e. The fraction of sp³-hybridized carbons (Fsp3) is 1.00. The molecule has 0 radical (unpaired) electrons. The molecule has 2 rings (SSSR count). The van der Waals surface area contributed by atoms with Crippen LogP contribution in [0.2, 0.25) is 0 Å². The summed E-state index contributed by atoms with van der Waals surface area (Å²) in [5.74, 6) is -2.26. The van der Waals surface area contributed by atoms with E-state index in [0.29, 0.717) is 0 Å². The molecule has 2 saturated heterocycles. The van der Waals surface area contributed by atoms with Gasteiger partial charge in [-0.15, -0.1) is 20.2 Å². The lowest BCUT2D eigenvalue weighted by Gasteiger charge is -2.23. The first-order chi connectivity index (χ1) is 7.92. The molecule has 0 aromatic rings. The third-order valence-electron chi connectivity index (χ3n) is 2.49. The molecule has 2 heterocycles. The number of rotatable bonds is 4. The van der Waals surface area contributed by atoms with Gasteiger partial charge in [-0.3, -0.25) is 4.84 Å². The summed E-state index contributed by atoms with van der Waals surface area (Å²) in [5, 5.41) is 27.9. The van der Waals surface area contributed by atoms with Gasteiger partial charge in [0.25, 0.3) is 16.0 Å². The molecule has 11 heteroatoms. The van der Waals surface area contributed by atoms with Crippen molar-refractivity contribution in [3.63, 3.8) is 0 Å². The molecule has 0 aromatic heterocycles. The molecule has 11 nitrogen and oxygen atoms in total. The van der Waals surface area contributed by atoms with Crippen molar-refractivity contribution in [1.82, 2.24) is 0 Å². The molecular weight excluding hydrogens is 244 g/mol. The minimum Gasteiger partial charge on any atom is -0.368 e. The Hall–Kier alpha value is -1.72. The van der Waals surface area contributed by atoms with E-state index < -0.39 is 40.9 Å². The average molecular weight is 252 g/mol. The van der Waals surface area contributed by atoms with Crippen LogP contribution in [0, 0.1) is 20.2 Å². The summed E-state index contributed by atoms with van der Waals surface area (Å²) in [4.78, 5) is 28.7. The van der Waals surface area contributed by atoms with Crippen molar-refractivity contribution in [2.75, 3.05) is 13.2 Å². The van der Waals surface area contributed by atoms with Gasteiger partial charge in [0.05, 0.1) is 6.61 Å². The van der Waals surface area contributed by atoms with Gasteiger partial charge >= 0.3 is 0 Å². The summed E-state index contributed by atoms with van der Waals surface area (Å²) in [7, 11) is 0. The van der Waals surface area contributed by atoms with Gasteiger partial charge in [0.2, 0.25) is 0 Å². The van der Waals surface area contributed by atoms with Gasteiger partial charge in [-0.2, -0.15) is 0 Å². The van der Waals surface area contributed by atoms with Crippen LogP contribution in [0.3, 0.4) is 0 Å². The summed E-state index contributed by atoms with van der Waals surface area (Å²) in [5.41, 5.74) is 0. The minimum atomic E-state index is -2.26. The molecule has 2 fully saturated rings. The lowest BCUT2D eigenvalue weighted by molar-refractivity contribution is -0.797. The zero-order chi connectivity index (χ0) is 12.6. The van der Waals surface area contributed by atoms with E-state index in [4.69, 9.17) is 9.47 Å². The van der Waals surface area contributed by atoms with Crippen molar-refractivity contribution in [2.45, 2.75) is 24.1 Å². The Morgan fingerprint density at radius 1 is 1.29 bits per heavy atom. The number of fused-ring (bicyclic) bond motifs is 1. The highest BCUT2D eigenvalue weighted by Gasteiger charge is 2.59. The molecule has 4 atom stereocenters. The number of ether oxygens (including phenoxy) is 2. The second-order valence-electron chi connectivity index (χ2n) is 3.56. The van der Waals surface area contributed by atoms with Crippen LogP contribution in [0.15, 0.2) is 0 Å². The Bertz CT molecular complexity index is 348. The molecule has 0 aliphatic carbocycles. The van der Waals surface area contributed by atoms with Gasteiger partial charge in [0.1, 0.15) is 18.8 Å². The summed E-state index contributed by atoms with van der Waals surface area (Å²) in [6, 6.07) is 0. The van der Waals surface area contributed by atoms with Crippen LogP contribution in [0.5, 0.6) is 0 Å². The van der Waals surface area contributed by atoms with Crippen molar-refractivity contribution in [1.29, 1.82) is 0 Å². The van der Waals surface area contributed by atoms with Crippen molar-refractivity contribution < 1.29 is 34.4 Å². The van der Waals surface area contributed by atoms with Gasteiger partial charge in [0.15, 0.2) is 6.10 Å². The molecule has 0 bridgehead atoms. The lowest BCUT2D eigenvalue weighted by Crippen LogP contribution is -2.47. The van der Waals surface area contributed by atoms with Gasteiger partial charge in [-0.1, -0.05) is 0 Å². The molecule has 1 N–H and O–H groups in total. The molecule has 2 aliphatic rings. The molecular formula is C6H8N2O9. The fourth-order valence-corrected chi connectivity index (χ4v) is 1.87. The molecule has 0 saturated carbocycles. The van der Waals surface area contributed by atoms with Gasteiger partial charge in [-0.05, 0) is 0 Å². The summed E-state index contributed by atoms with van der Waals surface area (Å²) in [6.45, 7) is -0.749. The molecule has 17 heavy (non-hydrogen) atoms. The maximum atomic E-state index is 10.2. The Labute approximate surface area is 93.0 Å². The standard InChI is InChI=1S/C6H8N2O9/c9-6(17-8(12)13)2-15-4-3(16-7(10)11)1-14-5(4)6/h3-5,9H,1-2H2/t3-,4-,5+,6-/m1/s1. The Morgan fingerprint density at radius 2 is 2.00 bits per heavy atom. The van der Waals surface area contributed by atoms with Crippen LogP contribution in [0.1, 0.15) is 0 Å². The largest absolute Gasteiger partial charge is 0.368 e. The number of hydrogen-bond acceptors (Lipinski definition) is 9. The van der Waals surface area contributed by atoms with E-state index in [2.05, 4.69) is 9.68 Å². The van der Waals surface area contributed by atoms with Gasteiger partial charge < -0.3 is 19.4 Å². The predicted molar refractivity (Wildman–Crippen MR) is 44.4 cm³/mol. The normalized spacial score (nSPS) is 39.7. The third kappa shape index (κ3) is 2.07. The maximum Gasteiger partial charge on any atom is 0.297 e. The Morgan fingerprint density at radius 3 is 2.59 bits per heavy atom. The van der Waals surface area contributed by atoms with Crippen LogP contribution >= 0.6 is 0 Å². The first kappa shape index (κ1) is 11.8. The summed E-state index contributed by atoms with van der Waals surface area (Å²) >= 11 is 0. The monoisotopic (exact) mass is 252 g/mol. The molecule has 2 aliphatic heterocycles. The van der Waals surface area contributed by atoms with Gasteiger partial charge in [-0.25, -0.2) is 0 Å². The van der Waals surface area contributed by atoms with Crippen LogP contribution < -0.4 is 0 Å². The van der Waals surface area contributed by atoms with Crippen LogP contribution in [0.4, 0.5) is 0 Å². The molecule has 96 valence electrons. The highest BCUT2D eigenvalue weighted by atomic mass is 17.0. The van der Waals surface area contributed by atoms with E-state index >= 15 is 0 Å². The fourth-order valence-electron chi connectivity index (χ4n) is 1.87. The van der Waals surface area contributed by atoms with Crippen LogP contribution in [-0.2, 0) is 19.1 Å². The van der Waals surface area contributed by atoms with E-state index in [-0.39, 0.29) is 6.61 Å². The topological polar surface area (TPSA) is 143 Å². The number of hydrogen-bond donors (Lipinski definition) is 1. The SMILES string of the molecule is O=[N+]([O-])O[C@@H]1CO[C@H]2[C@@H]1OC[C@@]2(O)O[N+](=O)[O-]. The van der Waals surface area contributed by atoms with E-state index in [1.165, 1.54) is 0 Å². The maximum absolute atomic E-state index is 10.2. The lowest BCUT2D eigenvalue weighted by atomic mass is 10.1. The second-order valence-corrected chi connectivity index (χ2v) is 3.56. The quantitative estimate of drug-likeness (QED) is 0.350. The summed E-state index contributed by atoms with van der Waals surface area (Å²) < 4.78 is 9.95. The first-order valence-electron chi connectivity index (χ1n) is 4.52. The van der Waals surface area contributed by atoms with Crippen LogP contribution in [0.25, 0.3) is 0 Å². The molecule has 0 unspecified atom stereocenters. The van der Waals surface area contributed by atoms with Crippen molar-refractivity contribution >= 4 is 0 Å².